The number of amides is 1. The van der Waals surface area contributed by atoms with Crippen molar-refractivity contribution in [1.82, 2.24) is 14.6 Å². The first-order valence-corrected chi connectivity index (χ1v) is 12.6. The summed E-state index contributed by atoms with van der Waals surface area (Å²) in [5.74, 6) is -1.31. The maximum absolute atomic E-state index is 12.7. The molecule has 1 aliphatic heterocycles. The number of aromatic nitrogens is 1. The molecule has 1 atom stereocenters. The third kappa shape index (κ3) is 5.26. The number of fused-ring (bicyclic) bond motifs is 1. The van der Waals surface area contributed by atoms with E-state index in [1.165, 1.54) is 22.8 Å². The van der Waals surface area contributed by atoms with Gasteiger partial charge in [-0.05, 0) is 48.2 Å². The zero-order chi connectivity index (χ0) is 24.1. The van der Waals surface area contributed by atoms with Gasteiger partial charge in [-0.15, -0.1) is 0 Å². The molecule has 2 heterocycles. The molecule has 1 amide bonds. The highest BCUT2D eigenvalue weighted by Crippen LogP contribution is 2.25. The van der Waals surface area contributed by atoms with E-state index in [0.717, 1.165) is 16.3 Å². The summed E-state index contributed by atoms with van der Waals surface area (Å²) in [6, 6.07) is 16.7. The quantitative estimate of drug-likeness (QED) is 0.520. The first kappa shape index (κ1) is 23.8. The number of piperidine rings is 1. The fourth-order valence-corrected chi connectivity index (χ4v) is 5.66. The Labute approximate surface area is 199 Å². The van der Waals surface area contributed by atoms with E-state index < -0.39 is 21.9 Å². The number of pyridine rings is 1. The summed E-state index contributed by atoms with van der Waals surface area (Å²) >= 11 is 0. The van der Waals surface area contributed by atoms with E-state index in [1.807, 2.05) is 49.4 Å². The predicted octanol–water partition coefficient (Wildman–Crippen LogP) is 3.06. The summed E-state index contributed by atoms with van der Waals surface area (Å²) in [7, 11) is -3.64. The molecule has 1 saturated heterocycles. The van der Waals surface area contributed by atoms with Crippen molar-refractivity contribution in [2.75, 3.05) is 19.7 Å². The third-order valence-electron chi connectivity index (χ3n) is 6.07. The fourth-order valence-electron chi connectivity index (χ4n) is 4.22. The molecule has 0 radical (unpaired) electrons. The van der Waals surface area contributed by atoms with Gasteiger partial charge in [0.1, 0.15) is 4.90 Å². The molecule has 1 fully saturated rings. The lowest BCUT2D eigenvalue weighted by Crippen LogP contribution is -2.41. The lowest BCUT2D eigenvalue weighted by Gasteiger charge is -2.30. The molecule has 9 heteroatoms. The second-order valence-corrected chi connectivity index (χ2v) is 10.3. The number of benzene rings is 2. The van der Waals surface area contributed by atoms with Crippen LogP contribution in [0.1, 0.15) is 31.4 Å². The normalized spacial score (nSPS) is 16.1. The van der Waals surface area contributed by atoms with Gasteiger partial charge < -0.3 is 10.1 Å². The minimum Gasteiger partial charge on any atom is -0.455 e. The van der Waals surface area contributed by atoms with Gasteiger partial charge in [0.2, 0.25) is 10.0 Å². The Hall–Kier alpha value is -3.30. The Morgan fingerprint density at radius 3 is 2.56 bits per heavy atom. The number of hydrogen-bond acceptors (Lipinski definition) is 6. The van der Waals surface area contributed by atoms with Gasteiger partial charge in [0.15, 0.2) is 6.61 Å². The second kappa shape index (κ2) is 10.3. The van der Waals surface area contributed by atoms with Crippen LogP contribution in [0.3, 0.4) is 0 Å². The van der Waals surface area contributed by atoms with Crippen LogP contribution >= 0.6 is 0 Å². The number of carbonyl (C=O) groups is 2. The molecule has 1 N–H and O–H groups in total. The molecular weight excluding hydrogens is 454 g/mol. The van der Waals surface area contributed by atoms with Gasteiger partial charge in [-0.25, -0.2) is 8.42 Å². The minimum absolute atomic E-state index is 0.132. The maximum Gasteiger partial charge on any atom is 0.309 e. The van der Waals surface area contributed by atoms with Crippen molar-refractivity contribution in [3.63, 3.8) is 0 Å². The van der Waals surface area contributed by atoms with Gasteiger partial charge in [0.05, 0.1) is 12.0 Å². The molecule has 0 bridgehead atoms. The molecule has 3 aromatic rings. The van der Waals surface area contributed by atoms with Crippen LogP contribution in [0.5, 0.6) is 0 Å². The van der Waals surface area contributed by atoms with Gasteiger partial charge in [0.25, 0.3) is 5.91 Å². The number of hydrogen-bond donors (Lipinski definition) is 1. The van der Waals surface area contributed by atoms with Crippen molar-refractivity contribution in [3.05, 3.63) is 72.6 Å². The van der Waals surface area contributed by atoms with E-state index in [0.29, 0.717) is 12.8 Å². The van der Waals surface area contributed by atoms with Gasteiger partial charge in [-0.2, -0.15) is 4.31 Å². The number of sulfonamides is 1. The second-order valence-electron chi connectivity index (χ2n) is 8.33. The zero-order valence-electron chi connectivity index (χ0n) is 18.9. The summed E-state index contributed by atoms with van der Waals surface area (Å²) in [5.41, 5.74) is 0.986. The average Bonchev–Trinajstić information content (AvgIpc) is 2.87. The number of nitrogens with one attached hydrogen (secondary N) is 1. The number of nitrogens with zero attached hydrogens (tertiary/aromatic N) is 2. The molecule has 1 aliphatic rings. The Morgan fingerprint density at radius 2 is 1.82 bits per heavy atom. The van der Waals surface area contributed by atoms with Gasteiger partial charge in [-0.1, -0.05) is 42.5 Å². The number of ether oxygens (including phenoxy) is 1. The van der Waals surface area contributed by atoms with Crippen LogP contribution in [-0.2, 0) is 24.3 Å². The van der Waals surface area contributed by atoms with Crippen LogP contribution in [0, 0.1) is 5.92 Å². The van der Waals surface area contributed by atoms with Crippen molar-refractivity contribution in [3.8, 4) is 0 Å². The summed E-state index contributed by atoms with van der Waals surface area (Å²) in [6.07, 6.45) is 3.51. The zero-order valence-corrected chi connectivity index (χ0v) is 19.7. The minimum atomic E-state index is -3.64. The lowest BCUT2D eigenvalue weighted by atomic mass is 9.98. The highest BCUT2D eigenvalue weighted by atomic mass is 32.2. The maximum atomic E-state index is 12.7. The van der Waals surface area contributed by atoms with Crippen molar-refractivity contribution >= 4 is 32.7 Å². The first-order chi connectivity index (χ1) is 16.4. The molecule has 178 valence electrons. The Bertz CT molecular complexity index is 1270. The van der Waals surface area contributed by atoms with Crippen LogP contribution in [0.2, 0.25) is 0 Å². The fraction of sp³-hybridized carbons (Fsp3) is 0.320. The van der Waals surface area contributed by atoms with Crippen molar-refractivity contribution in [2.45, 2.75) is 30.7 Å². The molecule has 8 nitrogen and oxygen atoms in total. The Morgan fingerprint density at radius 1 is 1.09 bits per heavy atom. The number of rotatable bonds is 7. The van der Waals surface area contributed by atoms with E-state index in [9.17, 15) is 18.0 Å². The van der Waals surface area contributed by atoms with Gasteiger partial charge in [-0.3, -0.25) is 14.6 Å². The van der Waals surface area contributed by atoms with Crippen LogP contribution < -0.4 is 5.32 Å². The van der Waals surface area contributed by atoms with Gasteiger partial charge in [0, 0.05) is 25.5 Å². The molecule has 0 aliphatic carbocycles. The molecule has 4 rings (SSSR count). The van der Waals surface area contributed by atoms with E-state index in [4.69, 9.17) is 4.74 Å². The van der Waals surface area contributed by atoms with Crippen LogP contribution in [0.4, 0.5) is 0 Å². The van der Waals surface area contributed by atoms with Crippen LogP contribution in [0.25, 0.3) is 10.8 Å². The van der Waals surface area contributed by atoms with Crippen molar-refractivity contribution in [1.29, 1.82) is 0 Å². The topological polar surface area (TPSA) is 106 Å². The molecule has 2 aromatic carbocycles. The SMILES string of the molecule is CC(NC(=O)COC(=O)C1CCN(S(=O)(=O)c2cccnc2)CC1)c1cccc2ccccc12. The molecule has 34 heavy (non-hydrogen) atoms. The van der Waals surface area contributed by atoms with Crippen LogP contribution in [-0.4, -0.2) is 49.3 Å². The summed E-state index contributed by atoms with van der Waals surface area (Å²) in [4.78, 5) is 28.9. The monoisotopic (exact) mass is 481 g/mol. The standard InChI is InChI=1S/C25H27N3O5S/c1-18(22-10-4-7-19-6-2-3-9-23(19)22)27-24(29)17-33-25(30)20-11-14-28(15-12-20)34(31,32)21-8-5-13-26-16-21/h2-10,13,16,18,20H,11-12,14-15,17H2,1H3,(H,27,29). The van der Waals surface area contributed by atoms with Crippen molar-refractivity contribution in [2.24, 2.45) is 5.92 Å². The highest BCUT2D eigenvalue weighted by molar-refractivity contribution is 7.89. The Balaban J connectivity index is 1.27. The Kier molecular flexibility index (Phi) is 7.23. The number of carbonyl (C=O) groups excluding carboxylic acids is 2. The first-order valence-electron chi connectivity index (χ1n) is 11.2. The molecule has 0 spiro atoms. The van der Waals surface area contributed by atoms with Crippen LogP contribution in [0.15, 0.2) is 71.9 Å². The molecule has 0 saturated carbocycles. The summed E-state index contributed by atoms with van der Waals surface area (Å²) in [5, 5.41) is 5.03. The summed E-state index contributed by atoms with van der Waals surface area (Å²) in [6.45, 7) is 1.94. The lowest BCUT2D eigenvalue weighted by molar-refractivity contribution is -0.153. The summed E-state index contributed by atoms with van der Waals surface area (Å²) < 4.78 is 32.0. The largest absolute Gasteiger partial charge is 0.455 e. The van der Waals surface area contributed by atoms with Gasteiger partial charge >= 0.3 is 5.97 Å². The van der Waals surface area contributed by atoms with Crippen molar-refractivity contribution < 1.29 is 22.7 Å². The molecular formula is C25H27N3O5S. The average molecular weight is 482 g/mol. The van der Waals surface area contributed by atoms with E-state index in [1.54, 1.807) is 6.07 Å². The molecule has 1 unspecified atom stereocenters. The smallest absolute Gasteiger partial charge is 0.309 e. The van der Waals surface area contributed by atoms with E-state index >= 15 is 0 Å². The number of esters is 1. The van der Waals surface area contributed by atoms with E-state index in [-0.39, 0.29) is 36.5 Å². The highest BCUT2D eigenvalue weighted by Gasteiger charge is 2.33. The van der Waals surface area contributed by atoms with E-state index in [2.05, 4.69) is 10.3 Å². The predicted molar refractivity (Wildman–Crippen MR) is 127 cm³/mol. The molecule has 1 aromatic heterocycles. The third-order valence-corrected chi connectivity index (χ3v) is 7.95.